The van der Waals surface area contributed by atoms with E-state index in [2.05, 4.69) is 242 Å². The van der Waals surface area contributed by atoms with Crippen LogP contribution in [0.25, 0.3) is 116 Å². The predicted molar refractivity (Wildman–Crippen MR) is 283 cm³/mol. The Bertz CT molecular complexity index is 4050. The molecule has 9 aromatic carbocycles. The average Bonchev–Trinajstić information content (AvgIpc) is 4.00. The molecule has 4 heterocycles. The first-order valence-electron chi connectivity index (χ1n) is 23.2. The molecular weight excluding hydrogens is 813 g/mol. The Hall–Kier alpha value is -8.47. The summed E-state index contributed by atoms with van der Waals surface area (Å²) in [6, 6.07) is 73.1. The van der Waals surface area contributed by atoms with Crippen LogP contribution >= 0.6 is 0 Å². The molecule has 0 bridgehead atoms. The smallest absolute Gasteiger partial charge is 0.0740 e. The Kier molecular flexibility index (Phi) is 8.75. The lowest BCUT2D eigenvalue weighted by Crippen LogP contribution is -2.01. The van der Waals surface area contributed by atoms with Gasteiger partial charge in [0.25, 0.3) is 0 Å². The molecule has 0 aliphatic heterocycles. The molecule has 0 saturated carbocycles. The molecule has 0 fully saturated rings. The van der Waals surface area contributed by atoms with Crippen LogP contribution in [-0.2, 0) is 0 Å². The predicted octanol–water partition coefficient (Wildman–Crippen LogP) is 16.6. The van der Waals surface area contributed by atoms with Crippen molar-refractivity contribution in [2.24, 2.45) is 0 Å². The van der Waals surface area contributed by atoms with Crippen LogP contribution in [0.4, 0.5) is 0 Å². The summed E-state index contributed by atoms with van der Waals surface area (Å²) in [5, 5.41) is 7.53. The van der Waals surface area contributed by atoms with E-state index in [1.54, 1.807) is 0 Å². The Morgan fingerprint density at radius 3 is 1.15 bits per heavy atom. The molecule has 4 heteroatoms. The second-order valence-corrected chi connectivity index (χ2v) is 18.0. The minimum atomic E-state index is 1.01. The van der Waals surface area contributed by atoms with Crippen LogP contribution in [0.5, 0.6) is 0 Å². The third-order valence-corrected chi connectivity index (χ3v) is 14.5. The summed E-state index contributed by atoms with van der Waals surface area (Å²) >= 11 is 0. The minimum absolute atomic E-state index is 1.01. The highest BCUT2D eigenvalue weighted by molar-refractivity contribution is 6.13. The third kappa shape index (κ3) is 5.76. The molecule has 0 N–H and O–H groups in total. The molecule has 0 saturated heterocycles. The molecule has 0 amide bonds. The van der Waals surface area contributed by atoms with Crippen molar-refractivity contribution < 1.29 is 0 Å². The van der Waals surface area contributed by atoms with Crippen molar-refractivity contribution in [3.8, 4) is 50.6 Å². The summed E-state index contributed by atoms with van der Waals surface area (Å²) in [6.07, 6.45) is 1.98. The van der Waals surface area contributed by atoms with Gasteiger partial charge < -0.3 is 13.7 Å². The number of aromatic nitrogens is 4. The van der Waals surface area contributed by atoms with Gasteiger partial charge >= 0.3 is 0 Å². The van der Waals surface area contributed by atoms with Gasteiger partial charge in [0.15, 0.2) is 0 Å². The van der Waals surface area contributed by atoms with Crippen molar-refractivity contribution in [2.75, 3.05) is 0 Å². The van der Waals surface area contributed by atoms with E-state index < -0.39 is 0 Å². The maximum Gasteiger partial charge on any atom is 0.0740 e. The molecule has 0 aliphatic carbocycles. The van der Waals surface area contributed by atoms with Crippen LogP contribution in [0.3, 0.4) is 0 Å². The summed E-state index contributed by atoms with van der Waals surface area (Å²) in [6.45, 7) is 9.03. The second kappa shape index (κ2) is 15.0. The number of hydrogen-bond acceptors (Lipinski definition) is 1. The number of fused-ring (bicyclic) bond motifs is 9. The van der Waals surface area contributed by atoms with Crippen molar-refractivity contribution in [3.63, 3.8) is 0 Å². The first-order chi connectivity index (χ1) is 33.0. The van der Waals surface area contributed by atoms with Gasteiger partial charge in [-0.3, -0.25) is 4.98 Å². The Morgan fingerprint density at radius 1 is 0.284 bits per heavy atom. The molecule has 0 atom stereocenters. The molecule has 13 aromatic rings. The molecular formula is C63H46N4. The first kappa shape index (κ1) is 38.9. The number of nitrogens with zero attached hydrogens (tertiary/aromatic N) is 4. The van der Waals surface area contributed by atoms with Gasteiger partial charge in [-0.15, -0.1) is 0 Å². The number of pyridine rings is 1. The normalized spacial score (nSPS) is 11.9. The van der Waals surface area contributed by atoms with E-state index >= 15 is 0 Å². The van der Waals surface area contributed by atoms with E-state index in [9.17, 15) is 0 Å². The van der Waals surface area contributed by atoms with Gasteiger partial charge in [-0.25, -0.2) is 0 Å². The Balaban J connectivity index is 0.919. The van der Waals surface area contributed by atoms with Gasteiger partial charge in [0, 0.05) is 61.1 Å². The Morgan fingerprint density at radius 2 is 0.657 bits per heavy atom. The summed E-state index contributed by atoms with van der Waals surface area (Å²) in [4.78, 5) is 5.11. The number of para-hydroxylation sites is 5. The molecule has 13 rings (SSSR count). The second-order valence-electron chi connectivity index (χ2n) is 18.0. The van der Waals surface area contributed by atoms with E-state index in [0.29, 0.717) is 0 Å². The molecule has 0 radical (unpaired) electrons. The van der Waals surface area contributed by atoms with E-state index in [1.165, 1.54) is 121 Å². The van der Waals surface area contributed by atoms with Gasteiger partial charge in [0.1, 0.15) is 0 Å². The van der Waals surface area contributed by atoms with Crippen molar-refractivity contribution >= 4 is 65.4 Å². The highest BCUT2D eigenvalue weighted by Crippen LogP contribution is 2.42. The number of benzene rings is 9. The van der Waals surface area contributed by atoms with E-state index in [-0.39, 0.29) is 0 Å². The largest absolute Gasteiger partial charge is 0.309 e. The first-order valence-corrected chi connectivity index (χ1v) is 23.2. The van der Waals surface area contributed by atoms with Crippen molar-refractivity contribution in [1.29, 1.82) is 0 Å². The average molecular weight is 859 g/mol. The summed E-state index contributed by atoms with van der Waals surface area (Å²) in [5.74, 6) is 0. The monoisotopic (exact) mass is 858 g/mol. The molecule has 0 unspecified atom stereocenters. The molecule has 4 aromatic heterocycles. The van der Waals surface area contributed by atoms with Gasteiger partial charge in [0.2, 0.25) is 0 Å². The van der Waals surface area contributed by atoms with Gasteiger partial charge in [0.05, 0.1) is 38.8 Å². The lowest BCUT2D eigenvalue weighted by molar-refractivity contribution is 1.14. The van der Waals surface area contributed by atoms with Crippen LogP contribution in [0.15, 0.2) is 206 Å². The Labute approximate surface area is 389 Å². The van der Waals surface area contributed by atoms with Gasteiger partial charge in [-0.1, -0.05) is 133 Å². The van der Waals surface area contributed by atoms with Crippen LogP contribution in [0.1, 0.15) is 22.3 Å². The quantitative estimate of drug-likeness (QED) is 0.164. The highest BCUT2D eigenvalue weighted by Gasteiger charge is 2.22. The fraction of sp³-hybridized carbons (Fsp3) is 0.0635. The van der Waals surface area contributed by atoms with Crippen molar-refractivity contribution in [2.45, 2.75) is 27.7 Å². The molecule has 67 heavy (non-hydrogen) atoms. The molecule has 0 aliphatic rings. The standard InChI is InChI=1S/C63H46N4/c1-39-44(23-15-26-48(39)63-42(4)47(36-37-64-63)46-25-17-32-55(41(46)3)66-59-29-12-7-20-51(59)52-21-8-13-30-60(52)66)45-24-16-33-56(40(45)2)67-61-31-14-9-22-53(61)54-38-43(34-35-62(54)67)65-57-27-10-5-18-49(57)50-19-6-11-28-58(50)65/h5-38H,1-4H3. The number of hydrogen-bond donors (Lipinski definition) is 0. The maximum atomic E-state index is 5.11. The van der Waals surface area contributed by atoms with Crippen LogP contribution < -0.4 is 0 Å². The molecule has 0 spiro atoms. The maximum absolute atomic E-state index is 5.11. The lowest BCUT2D eigenvalue weighted by Gasteiger charge is -2.20. The molecule has 318 valence electrons. The van der Waals surface area contributed by atoms with Crippen LogP contribution in [-0.4, -0.2) is 18.7 Å². The van der Waals surface area contributed by atoms with E-state index in [1.807, 2.05) is 6.20 Å². The molecule has 4 nitrogen and oxygen atoms in total. The third-order valence-electron chi connectivity index (χ3n) is 14.5. The lowest BCUT2D eigenvalue weighted by atomic mass is 9.89. The fourth-order valence-corrected chi connectivity index (χ4v) is 11.3. The SMILES string of the molecule is Cc1c(-c2cccc(-n3c4ccccc4c4cc(-n5c6ccccc6c6ccccc65)ccc43)c2C)cccc1-c1nccc(-c2cccc(-n3c4ccccc4c4ccccc43)c2C)c1C. The van der Waals surface area contributed by atoms with E-state index in [4.69, 9.17) is 4.98 Å². The van der Waals surface area contributed by atoms with Crippen molar-refractivity contribution in [1.82, 2.24) is 18.7 Å². The summed E-state index contributed by atoms with van der Waals surface area (Å²) < 4.78 is 7.30. The highest BCUT2D eigenvalue weighted by atomic mass is 15.0. The zero-order chi connectivity index (χ0) is 44.9. The summed E-state index contributed by atoms with van der Waals surface area (Å²) in [7, 11) is 0. The van der Waals surface area contributed by atoms with Gasteiger partial charge in [-0.05, 0) is 139 Å². The minimum Gasteiger partial charge on any atom is -0.309 e. The fourth-order valence-electron chi connectivity index (χ4n) is 11.3. The van der Waals surface area contributed by atoms with E-state index in [0.717, 1.165) is 16.9 Å². The van der Waals surface area contributed by atoms with Crippen molar-refractivity contribution in [3.05, 3.63) is 229 Å². The number of rotatable bonds is 6. The van der Waals surface area contributed by atoms with Crippen LogP contribution in [0.2, 0.25) is 0 Å². The topological polar surface area (TPSA) is 27.7 Å². The van der Waals surface area contributed by atoms with Crippen LogP contribution in [0, 0.1) is 27.7 Å². The van der Waals surface area contributed by atoms with Gasteiger partial charge in [-0.2, -0.15) is 0 Å². The zero-order valence-corrected chi connectivity index (χ0v) is 37.9. The zero-order valence-electron chi connectivity index (χ0n) is 37.9. The summed E-state index contributed by atoms with van der Waals surface area (Å²) in [5.41, 5.74) is 22.6.